The van der Waals surface area contributed by atoms with Gasteiger partial charge in [0, 0.05) is 38.0 Å². The molecule has 2 rings (SSSR count). The van der Waals surface area contributed by atoms with Crippen LogP contribution in [0.1, 0.15) is 25.3 Å². The smallest absolute Gasteiger partial charge is 0.129 e. The van der Waals surface area contributed by atoms with Gasteiger partial charge in [-0.15, -0.1) is 0 Å². The van der Waals surface area contributed by atoms with Gasteiger partial charge in [-0.2, -0.15) is 0 Å². The summed E-state index contributed by atoms with van der Waals surface area (Å²) in [6.07, 6.45) is 2.33. The molecule has 20 heavy (non-hydrogen) atoms. The number of nitrogens with zero attached hydrogens (tertiary/aromatic N) is 1. The highest BCUT2D eigenvalue weighted by Gasteiger charge is 2.18. The van der Waals surface area contributed by atoms with E-state index in [-0.39, 0.29) is 5.82 Å². The van der Waals surface area contributed by atoms with Gasteiger partial charge in [0.05, 0.1) is 6.61 Å². The Hall–Kier alpha value is -1.13. The highest BCUT2D eigenvalue weighted by molar-refractivity contribution is 5.53. The molecule has 0 amide bonds. The van der Waals surface area contributed by atoms with Crippen LogP contribution in [-0.4, -0.2) is 33.4 Å². The van der Waals surface area contributed by atoms with E-state index in [0.717, 1.165) is 44.0 Å². The summed E-state index contributed by atoms with van der Waals surface area (Å²) in [6.45, 7) is 6.07. The Morgan fingerprint density at radius 2 is 2.30 bits per heavy atom. The number of benzene rings is 1. The van der Waals surface area contributed by atoms with Crippen molar-refractivity contribution in [3.05, 3.63) is 29.6 Å². The van der Waals surface area contributed by atoms with Crippen LogP contribution in [0.25, 0.3) is 0 Å². The zero-order chi connectivity index (χ0) is 14.4. The van der Waals surface area contributed by atoms with Crippen LogP contribution in [-0.2, 0) is 11.3 Å². The van der Waals surface area contributed by atoms with Gasteiger partial charge in [0.2, 0.25) is 0 Å². The topological polar surface area (TPSA) is 24.5 Å². The van der Waals surface area contributed by atoms with Crippen molar-refractivity contribution >= 4 is 5.69 Å². The van der Waals surface area contributed by atoms with Crippen LogP contribution in [0.4, 0.5) is 10.1 Å². The van der Waals surface area contributed by atoms with Crippen molar-refractivity contribution in [2.24, 2.45) is 5.92 Å². The molecule has 0 radical (unpaired) electrons. The number of ether oxygens (including phenoxy) is 1. The standard InChI is InChI=1S/C16H25FN2O/c1-3-18-10-14-15(17)7-4-8-16(14)19(2)11-13-6-5-9-20-12-13/h4,7-8,13,18H,3,5-6,9-12H2,1-2H3. The van der Waals surface area contributed by atoms with Crippen molar-refractivity contribution in [2.75, 3.05) is 38.3 Å². The Kier molecular flexibility index (Phi) is 5.80. The SMILES string of the molecule is CCNCc1c(F)cccc1N(C)CC1CCCOC1. The van der Waals surface area contributed by atoms with Crippen molar-refractivity contribution in [3.8, 4) is 0 Å². The van der Waals surface area contributed by atoms with Crippen LogP contribution < -0.4 is 10.2 Å². The minimum absolute atomic E-state index is 0.129. The largest absolute Gasteiger partial charge is 0.381 e. The third kappa shape index (κ3) is 3.93. The Morgan fingerprint density at radius 3 is 3.00 bits per heavy atom. The van der Waals surface area contributed by atoms with Crippen LogP contribution in [0.5, 0.6) is 0 Å². The van der Waals surface area contributed by atoms with Crippen LogP contribution >= 0.6 is 0 Å². The van der Waals surface area contributed by atoms with Gasteiger partial charge in [0.1, 0.15) is 5.82 Å². The summed E-state index contributed by atoms with van der Waals surface area (Å²) in [5.74, 6) is 0.416. The van der Waals surface area contributed by atoms with E-state index in [4.69, 9.17) is 4.74 Å². The minimum Gasteiger partial charge on any atom is -0.381 e. The number of hydrogen-bond donors (Lipinski definition) is 1. The fourth-order valence-corrected chi connectivity index (χ4v) is 2.77. The van der Waals surface area contributed by atoms with Gasteiger partial charge in [-0.1, -0.05) is 13.0 Å². The van der Waals surface area contributed by atoms with Gasteiger partial charge in [-0.05, 0) is 37.4 Å². The predicted octanol–water partition coefficient (Wildman–Crippen LogP) is 2.80. The normalized spacial score (nSPS) is 19.1. The average molecular weight is 280 g/mol. The molecule has 0 aliphatic carbocycles. The van der Waals surface area contributed by atoms with Gasteiger partial charge in [0.25, 0.3) is 0 Å². The Morgan fingerprint density at radius 1 is 1.45 bits per heavy atom. The van der Waals surface area contributed by atoms with Crippen LogP contribution in [0, 0.1) is 11.7 Å². The first-order valence-corrected chi connectivity index (χ1v) is 7.49. The number of nitrogens with one attached hydrogen (secondary N) is 1. The first-order chi connectivity index (χ1) is 9.72. The quantitative estimate of drug-likeness (QED) is 0.867. The molecule has 1 aliphatic rings. The van der Waals surface area contributed by atoms with Crippen LogP contribution in [0.3, 0.4) is 0 Å². The molecule has 1 atom stereocenters. The second-order valence-electron chi connectivity index (χ2n) is 5.48. The van der Waals surface area contributed by atoms with Crippen molar-refractivity contribution in [3.63, 3.8) is 0 Å². The van der Waals surface area contributed by atoms with E-state index in [1.54, 1.807) is 6.07 Å². The van der Waals surface area contributed by atoms with Crippen molar-refractivity contribution in [2.45, 2.75) is 26.3 Å². The molecule has 1 aromatic carbocycles. The molecule has 1 N–H and O–H groups in total. The van der Waals surface area contributed by atoms with E-state index in [9.17, 15) is 4.39 Å². The van der Waals surface area contributed by atoms with E-state index in [1.165, 1.54) is 12.5 Å². The van der Waals surface area contributed by atoms with Crippen LogP contribution in [0.2, 0.25) is 0 Å². The highest BCUT2D eigenvalue weighted by Crippen LogP contribution is 2.24. The fraction of sp³-hybridized carbons (Fsp3) is 0.625. The van der Waals surface area contributed by atoms with Crippen molar-refractivity contribution in [1.82, 2.24) is 5.32 Å². The number of rotatable bonds is 6. The summed E-state index contributed by atoms with van der Waals surface area (Å²) < 4.78 is 19.5. The summed E-state index contributed by atoms with van der Waals surface area (Å²) in [4.78, 5) is 2.16. The lowest BCUT2D eigenvalue weighted by atomic mass is 10.0. The lowest BCUT2D eigenvalue weighted by molar-refractivity contribution is 0.0576. The summed E-state index contributed by atoms with van der Waals surface area (Å²) in [5.41, 5.74) is 1.74. The monoisotopic (exact) mass is 280 g/mol. The molecule has 1 unspecified atom stereocenters. The first kappa shape index (κ1) is 15.3. The summed E-state index contributed by atoms with van der Waals surface area (Å²) in [7, 11) is 2.04. The highest BCUT2D eigenvalue weighted by atomic mass is 19.1. The third-order valence-electron chi connectivity index (χ3n) is 3.84. The number of hydrogen-bond acceptors (Lipinski definition) is 3. The summed E-state index contributed by atoms with van der Waals surface area (Å²) in [6, 6.07) is 5.32. The molecule has 0 spiro atoms. The molecular weight excluding hydrogens is 255 g/mol. The molecule has 1 aliphatic heterocycles. The first-order valence-electron chi connectivity index (χ1n) is 7.49. The van der Waals surface area contributed by atoms with Crippen molar-refractivity contribution in [1.29, 1.82) is 0 Å². The minimum atomic E-state index is -0.129. The van der Waals surface area contributed by atoms with Gasteiger partial charge in [0.15, 0.2) is 0 Å². The maximum absolute atomic E-state index is 14.0. The molecule has 0 bridgehead atoms. The molecule has 1 aromatic rings. The lowest BCUT2D eigenvalue weighted by Crippen LogP contribution is -2.32. The Labute approximate surface area is 121 Å². The van der Waals surface area contributed by atoms with Gasteiger partial charge >= 0.3 is 0 Å². The second kappa shape index (κ2) is 7.60. The molecule has 1 fully saturated rings. The maximum atomic E-state index is 14.0. The Balaban J connectivity index is 2.07. The molecule has 1 saturated heterocycles. The molecule has 0 saturated carbocycles. The third-order valence-corrected chi connectivity index (χ3v) is 3.84. The number of halogens is 1. The van der Waals surface area contributed by atoms with Crippen LogP contribution in [0.15, 0.2) is 18.2 Å². The zero-order valence-electron chi connectivity index (χ0n) is 12.5. The van der Waals surface area contributed by atoms with E-state index in [2.05, 4.69) is 10.2 Å². The molecule has 1 heterocycles. The van der Waals surface area contributed by atoms with E-state index in [0.29, 0.717) is 12.5 Å². The van der Waals surface area contributed by atoms with E-state index >= 15 is 0 Å². The van der Waals surface area contributed by atoms with Gasteiger partial charge in [-0.25, -0.2) is 4.39 Å². The molecule has 3 nitrogen and oxygen atoms in total. The molecule has 0 aromatic heterocycles. The number of anilines is 1. The zero-order valence-corrected chi connectivity index (χ0v) is 12.5. The predicted molar refractivity (Wildman–Crippen MR) is 80.6 cm³/mol. The van der Waals surface area contributed by atoms with E-state index < -0.39 is 0 Å². The molecular formula is C16H25FN2O. The maximum Gasteiger partial charge on any atom is 0.129 e. The average Bonchev–Trinajstić information content (AvgIpc) is 2.47. The Bertz CT molecular complexity index is 419. The molecule has 112 valence electrons. The van der Waals surface area contributed by atoms with E-state index in [1.807, 2.05) is 20.0 Å². The summed E-state index contributed by atoms with van der Waals surface area (Å²) in [5, 5.41) is 3.21. The van der Waals surface area contributed by atoms with Crippen molar-refractivity contribution < 1.29 is 9.13 Å². The second-order valence-corrected chi connectivity index (χ2v) is 5.48. The summed E-state index contributed by atoms with van der Waals surface area (Å²) >= 11 is 0. The molecule has 4 heteroatoms. The van der Waals surface area contributed by atoms with Gasteiger partial charge in [-0.3, -0.25) is 0 Å². The fourth-order valence-electron chi connectivity index (χ4n) is 2.77. The lowest BCUT2D eigenvalue weighted by Gasteiger charge is -2.29. The van der Waals surface area contributed by atoms with Gasteiger partial charge < -0.3 is 15.0 Å².